The summed E-state index contributed by atoms with van der Waals surface area (Å²) in [6, 6.07) is 11.3. The molecule has 2 aromatic rings. The molecular weight excluding hydrogens is 331 g/mol. The van der Waals surface area contributed by atoms with Crippen molar-refractivity contribution in [2.24, 2.45) is 0 Å². The van der Waals surface area contributed by atoms with Crippen LogP contribution in [-0.4, -0.2) is 13.2 Å². The minimum Gasteiger partial charge on any atom is -0.486 e. The summed E-state index contributed by atoms with van der Waals surface area (Å²) in [4.78, 5) is 0. The molecular formula is C16H13Cl3O2. The van der Waals surface area contributed by atoms with Crippen molar-refractivity contribution >= 4 is 34.8 Å². The number of hydrogen-bond acceptors (Lipinski definition) is 2. The Morgan fingerprint density at radius 3 is 2.43 bits per heavy atom. The Morgan fingerprint density at radius 1 is 1.00 bits per heavy atom. The zero-order valence-corrected chi connectivity index (χ0v) is 13.4. The molecule has 110 valence electrons. The van der Waals surface area contributed by atoms with Gasteiger partial charge in [0, 0.05) is 16.1 Å². The first-order valence-electron chi connectivity index (χ1n) is 6.61. The number of rotatable bonds is 3. The van der Waals surface area contributed by atoms with Gasteiger partial charge in [0.25, 0.3) is 0 Å². The molecule has 1 heterocycles. The number of ether oxygens (including phenoxy) is 2. The Bertz CT molecular complexity index is 658. The smallest absolute Gasteiger partial charge is 0.162 e. The average molecular weight is 344 g/mol. The van der Waals surface area contributed by atoms with Gasteiger partial charge in [-0.05, 0) is 35.7 Å². The molecule has 0 aliphatic carbocycles. The maximum atomic E-state index is 6.52. The SMILES string of the molecule is Clc1cccc(CC(Cl)c2cc3c(cc2Cl)OCCO3)c1. The van der Waals surface area contributed by atoms with Crippen LogP contribution in [-0.2, 0) is 6.42 Å². The van der Waals surface area contributed by atoms with Gasteiger partial charge >= 0.3 is 0 Å². The van der Waals surface area contributed by atoms with Gasteiger partial charge in [-0.1, -0.05) is 35.3 Å². The third-order valence-electron chi connectivity index (χ3n) is 3.30. The first-order valence-corrected chi connectivity index (χ1v) is 7.80. The van der Waals surface area contributed by atoms with Crippen molar-refractivity contribution in [1.82, 2.24) is 0 Å². The molecule has 0 fully saturated rings. The lowest BCUT2D eigenvalue weighted by molar-refractivity contribution is 0.171. The summed E-state index contributed by atoms with van der Waals surface area (Å²) in [5.41, 5.74) is 1.90. The van der Waals surface area contributed by atoms with Gasteiger partial charge in [0.15, 0.2) is 11.5 Å². The Balaban J connectivity index is 1.85. The summed E-state index contributed by atoms with van der Waals surface area (Å²) >= 11 is 18.8. The van der Waals surface area contributed by atoms with Gasteiger partial charge in [-0.25, -0.2) is 0 Å². The van der Waals surface area contributed by atoms with Gasteiger partial charge in [-0.2, -0.15) is 0 Å². The zero-order chi connectivity index (χ0) is 14.8. The van der Waals surface area contributed by atoms with Crippen LogP contribution >= 0.6 is 34.8 Å². The number of fused-ring (bicyclic) bond motifs is 1. The molecule has 1 aliphatic heterocycles. The van der Waals surface area contributed by atoms with Gasteiger partial charge < -0.3 is 9.47 Å². The minimum absolute atomic E-state index is 0.258. The predicted molar refractivity (Wildman–Crippen MR) is 86.2 cm³/mol. The van der Waals surface area contributed by atoms with E-state index in [2.05, 4.69) is 0 Å². The molecule has 0 bridgehead atoms. The average Bonchev–Trinajstić information content (AvgIpc) is 2.46. The van der Waals surface area contributed by atoms with E-state index in [0.29, 0.717) is 41.2 Å². The molecule has 0 aromatic heterocycles. The second-order valence-electron chi connectivity index (χ2n) is 4.82. The largest absolute Gasteiger partial charge is 0.486 e. The molecule has 0 saturated heterocycles. The lowest BCUT2D eigenvalue weighted by atomic mass is 10.0. The fraction of sp³-hybridized carbons (Fsp3) is 0.250. The van der Waals surface area contributed by atoms with Crippen LogP contribution in [0.4, 0.5) is 0 Å². The quantitative estimate of drug-likeness (QED) is 0.705. The van der Waals surface area contributed by atoms with Gasteiger partial charge in [-0.3, -0.25) is 0 Å². The fourth-order valence-corrected chi connectivity index (χ4v) is 3.21. The van der Waals surface area contributed by atoms with Crippen molar-refractivity contribution in [3.05, 3.63) is 57.6 Å². The number of halogens is 3. The lowest BCUT2D eigenvalue weighted by Crippen LogP contribution is -2.15. The van der Waals surface area contributed by atoms with Crippen molar-refractivity contribution in [1.29, 1.82) is 0 Å². The molecule has 0 saturated carbocycles. The van der Waals surface area contributed by atoms with Crippen LogP contribution in [0.15, 0.2) is 36.4 Å². The van der Waals surface area contributed by atoms with E-state index in [1.165, 1.54) is 0 Å². The van der Waals surface area contributed by atoms with E-state index in [0.717, 1.165) is 11.1 Å². The van der Waals surface area contributed by atoms with E-state index in [9.17, 15) is 0 Å². The summed E-state index contributed by atoms with van der Waals surface area (Å²) < 4.78 is 11.1. The molecule has 2 aromatic carbocycles. The number of benzene rings is 2. The van der Waals surface area contributed by atoms with Crippen LogP contribution in [0.1, 0.15) is 16.5 Å². The fourth-order valence-electron chi connectivity index (χ4n) is 2.30. The molecule has 3 rings (SSSR count). The molecule has 2 nitrogen and oxygen atoms in total. The molecule has 1 unspecified atom stereocenters. The Hall–Kier alpha value is -1.09. The van der Waals surface area contributed by atoms with E-state index in [1.807, 2.05) is 30.3 Å². The summed E-state index contributed by atoms with van der Waals surface area (Å²) in [7, 11) is 0. The second kappa shape index (κ2) is 6.35. The number of hydrogen-bond donors (Lipinski definition) is 0. The molecule has 0 amide bonds. The molecule has 1 atom stereocenters. The van der Waals surface area contributed by atoms with Gasteiger partial charge in [-0.15, -0.1) is 11.6 Å². The van der Waals surface area contributed by atoms with Crippen molar-refractivity contribution in [3.63, 3.8) is 0 Å². The zero-order valence-electron chi connectivity index (χ0n) is 11.1. The van der Waals surface area contributed by atoms with E-state index in [-0.39, 0.29) is 5.38 Å². The summed E-state index contributed by atoms with van der Waals surface area (Å²) in [6.07, 6.45) is 0.640. The van der Waals surface area contributed by atoms with Crippen LogP contribution in [0.2, 0.25) is 10.0 Å². The van der Waals surface area contributed by atoms with Crippen LogP contribution < -0.4 is 9.47 Å². The molecule has 1 aliphatic rings. The summed E-state index contributed by atoms with van der Waals surface area (Å²) in [6.45, 7) is 1.07. The van der Waals surface area contributed by atoms with Crippen molar-refractivity contribution in [3.8, 4) is 11.5 Å². The van der Waals surface area contributed by atoms with E-state index < -0.39 is 0 Å². The highest BCUT2D eigenvalue weighted by molar-refractivity contribution is 6.33. The topological polar surface area (TPSA) is 18.5 Å². The second-order valence-corrected chi connectivity index (χ2v) is 6.19. The van der Waals surface area contributed by atoms with Crippen molar-refractivity contribution in [2.45, 2.75) is 11.8 Å². The van der Waals surface area contributed by atoms with Crippen LogP contribution in [0.25, 0.3) is 0 Å². The van der Waals surface area contributed by atoms with Gasteiger partial charge in [0.1, 0.15) is 13.2 Å². The summed E-state index contributed by atoms with van der Waals surface area (Å²) in [5.74, 6) is 1.36. The first-order chi connectivity index (χ1) is 10.1. The maximum absolute atomic E-state index is 6.52. The standard InChI is InChI=1S/C16H13Cl3O2/c17-11-3-1-2-10(6-11)7-13(18)12-8-15-16(9-14(12)19)21-5-4-20-15/h1-3,6,8-9,13H,4-5,7H2. The van der Waals surface area contributed by atoms with Crippen molar-refractivity contribution in [2.75, 3.05) is 13.2 Å². The molecule has 5 heteroatoms. The number of alkyl halides is 1. The highest BCUT2D eigenvalue weighted by atomic mass is 35.5. The van der Waals surface area contributed by atoms with E-state index >= 15 is 0 Å². The van der Waals surface area contributed by atoms with Crippen molar-refractivity contribution < 1.29 is 9.47 Å². The van der Waals surface area contributed by atoms with Crippen LogP contribution in [0, 0.1) is 0 Å². The minimum atomic E-state index is -0.258. The van der Waals surface area contributed by atoms with Gasteiger partial charge in [0.2, 0.25) is 0 Å². The Labute approximate surface area is 138 Å². The molecule has 21 heavy (non-hydrogen) atoms. The van der Waals surface area contributed by atoms with E-state index in [4.69, 9.17) is 44.3 Å². The first kappa shape index (κ1) is 14.8. The Morgan fingerprint density at radius 2 is 1.71 bits per heavy atom. The van der Waals surface area contributed by atoms with Crippen LogP contribution in [0.3, 0.4) is 0 Å². The third kappa shape index (κ3) is 3.39. The molecule has 0 spiro atoms. The van der Waals surface area contributed by atoms with Crippen LogP contribution in [0.5, 0.6) is 11.5 Å². The predicted octanol–water partition coefficient (Wildman–Crippen LogP) is 5.29. The molecule has 0 radical (unpaired) electrons. The normalized spacial score (nSPS) is 14.8. The molecule has 0 N–H and O–H groups in total. The Kier molecular flexibility index (Phi) is 4.48. The highest BCUT2D eigenvalue weighted by Crippen LogP contribution is 2.40. The monoisotopic (exact) mass is 342 g/mol. The van der Waals surface area contributed by atoms with Gasteiger partial charge in [0.05, 0.1) is 5.38 Å². The highest BCUT2D eigenvalue weighted by Gasteiger charge is 2.19. The lowest BCUT2D eigenvalue weighted by Gasteiger charge is -2.21. The maximum Gasteiger partial charge on any atom is 0.162 e. The summed E-state index contributed by atoms with van der Waals surface area (Å²) in [5, 5.41) is 1.03. The van der Waals surface area contributed by atoms with E-state index in [1.54, 1.807) is 6.07 Å². The third-order valence-corrected chi connectivity index (χ3v) is 4.25.